The average molecular weight is 322 g/mol. The number of carbonyl (C=O) groups excluding carboxylic acids is 4. The summed E-state index contributed by atoms with van der Waals surface area (Å²) < 4.78 is 0. The van der Waals surface area contributed by atoms with Gasteiger partial charge in [-0.1, -0.05) is 21.6 Å². The van der Waals surface area contributed by atoms with E-state index >= 15 is 0 Å². The summed E-state index contributed by atoms with van der Waals surface area (Å²) in [7, 11) is 2.09. The largest absolute Gasteiger partial charge is 0.548 e. The smallest absolute Gasteiger partial charge is 0.217 e. The minimum absolute atomic E-state index is 0.00637. The van der Waals surface area contributed by atoms with Crippen LogP contribution in [0.1, 0.15) is 13.8 Å². The first-order chi connectivity index (χ1) is 9.23. The highest BCUT2D eigenvalue weighted by molar-refractivity contribution is 8.76. The van der Waals surface area contributed by atoms with Crippen molar-refractivity contribution in [3.8, 4) is 0 Å². The molecule has 0 radical (unpaired) electrons. The van der Waals surface area contributed by atoms with Crippen LogP contribution in [0.25, 0.3) is 0 Å². The van der Waals surface area contributed by atoms with Crippen molar-refractivity contribution >= 4 is 45.3 Å². The van der Waals surface area contributed by atoms with Gasteiger partial charge in [-0.05, 0) is 0 Å². The van der Waals surface area contributed by atoms with Gasteiger partial charge in [-0.3, -0.25) is 9.59 Å². The van der Waals surface area contributed by atoms with Crippen molar-refractivity contribution in [3.05, 3.63) is 0 Å². The molecule has 2 N–H and O–H groups in total. The van der Waals surface area contributed by atoms with E-state index in [0.29, 0.717) is 0 Å². The Morgan fingerprint density at radius 3 is 1.35 bits per heavy atom. The first-order valence-electron chi connectivity index (χ1n) is 5.44. The lowest BCUT2D eigenvalue weighted by Gasteiger charge is -2.20. The third-order valence-corrected chi connectivity index (χ3v) is 4.30. The third kappa shape index (κ3) is 8.64. The molecule has 0 fully saturated rings. The Morgan fingerprint density at radius 2 is 1.15 bits per heavy atom. The minimum Gasteiger partial charge on any atom is -0.548 e. The van der Waals surface area contributed by atoms with Crippen LogP contribution in [-0.4, -0.2) is 47.3 Å². The summed E-state index contributed by atoms with van der Waals surface area (Å²) in [5, 5.41) is 25.8. The van der Waals surface area contributed by atoms with E-state index in [1.807, 2.05) is 0 Å². The molecule has 8 nitrogen and oxygen atoms in total. The van der Waals surface area contributed by atoms with E-state index in [1.165, 1.54) is 13.8 Å². The zero-order chi connectivity index (χ0) is 15.7. The summed E-state index contributed by atoms with van der Waals surface area (Å²) in [5.74, 6) is -3.84. The Bertz CT molecular complexity index is 354. The molecule has 0 aromatic carbocycles. The molecule has 0 aromatic heterocycles. The first kappa shape index (κ1) is 18.6. The van der Waals surface area contributed by atoms with Crippen LogP contribution in [0.15, 0.2) is 0 Å². The van der Waals surface area contributed by atoms with Crippen molar-refractivity contribution in [2.24, 2.45) is 0 Å². The van der Waals surface area contributed by atoms with Gasteiger partial charge in [0.25, 0.3) is 0 Å². The lowest BCUT2D eigenvalue weighted by Crippen LogP contribution is -2.49. The molecule has 0 saturated heterocycles. The van der Waals surface area contributed by atoms with E-state index in [9.17, 15) is 29.4 Å². The number of nitrogens with one attached hydrogen (secondary N) is 2. The van der Waals surface area contributed by atoms with Gasteiger partial charge in [0.2, 0.25) is 11.8 Å². The van der Waals surface area contributed by atoms with Crippen molar-refractivity contribution in [1.29, 1.82) is 0 Å². The van der Waals surface area contributed by atoms with Gasteiger partial charge in [0.05, 0.1) is 24.0 Å². The maximum atomic E-state index is 10.8. The Labute approximate surface area is 123 Å². The molecule has 0 bridgehead atoms. The minimum atomic E-state index is -1.42. The van der Waals surface area contributed by atoms with E-state index in [2.05, 4.69) is 10.6 Å². The fourth-order valence-electron chi connectivity index (χ4n) is 1.06. The molecule has 0 aliphatic carbocycles. The Balaban J connectivity index is 4.13. The van der Waals surface area contributed by atoms with E-state index < -0.39 is 35.8 Å². The SMILES string of the molecule is CC(=O)NC(CSSCC(NC(C)=O)C(=O)[O-])C(=O)[O-]. The van der Waals surface area contributed by atoms with Gasteiger partial charge < -0.3 is 30.4 Å². The van der Waals surface area contributed by atoms with Crippen molar-refractivity contribution in [2.45, 2.75) is 25.9 Å². The number of aliphatic carboxylic acids is 2. The summed E-state index contributed by atoms with van der Waals surface area (Å²) in [6.45, 7) is 2.35. The summed E-state index contributed by atoms with van der Waals surface area (Å²) in [6, 6.07) is -2.32. The van der Waals surface area contributed by atoms with Crippen LogP contribution in [0.3, 0.4) is 0 Å². The van der Waals surface area contributed by atoms with Crippen LogP contribution in [0.5, 0.6) is 0 Å². The van der Waals surface area contributed by atoms with E-state index in [4.69, 9.17) is 0 Å². The predicted molar refractivity (Wildman–Crippen MR) is 70.1 cm³/mol. The maximum Gasteiger partial charge on any atom is 0.217 e. The number of amides is 2. The normalized spacial score (nSPS) is 13.1. The Morgan fingerprint density at radius 1 is 0.850 bits per heavy atom. The molecule has 0 heterocycles. The van der Waals surface area contributed by atoms with Crippen LogP contribution >= 0.6 is 21.6 Å². The van der Waals surface area contributed by atoms with E-state index in [0.717, 1.165) is 21.6 Å². The van der Waals surface area contributed by atoms with E-state index in [-0.39, 0.29) is 11.5 Å². The van der Waals surface area contributed by atoms with Crippen molar-refractivity contribution in [2.75, 3.05) is 11.5 Å². The standard InChI is InChI=1S/C10H16N2O6S2/c1-5(13)11-7(9(15)16)3-19-20-4-8(10(17)18)12-6(2)14/h7-8H,3-4H2,1-2H3,(H,11,13)(H,12,14)(H,15,16)(H,17,18)/p-2. The topological polar surface area (TPSA) is 138 Å². The second-order valence-electron chi connectivity index (χ2n) is 3.71. The van der Waals surface area contributed by atoms with Crippen LogP contribution in [-0.2, 0) is 19.2 Å². The Hall–Kier alpha value is -1.42. The summed E-state index contributed by atoms with van der Waals surface area (Å²) in [5.41, 5.74) is 0. The molecule has 0 rings (SSSR count). The summed E-state index contributed by atoms with van der Waals surface area (Å²) in [6.07, 6.45) is 0. The van der Waals surface area contributed by atoms with Crippen molar-refractivity contribution in [1.82, 2.24) is 10.6 Å². The van der Waals surface area contributed by atoms with Crippen molar-refractivity contribution < 1.29 is 29.4 Å². The molecular formula is C10H14N2O6S2-2. The highest BCUT2D eigenvalue weighted by Crippen LogP contribution is 2.22. The van der Waals surface area contributed by atoms with Gasteiger partial charge in [0.15, 0.2) is 0 Å². The highest BCUT2D eigenvalue weighted by atomic mass is 33.1. The maximum absolute atomic E-state index is 10.8. The lowest BCUT2D eigenvalue weighted by atomic mass is 10.3. The van der Waals surface area contributed by atoms with Crippen LogP contribution in [0, 0.1) is 0 Å². The van der Waals surface area contributed by atoms with Crippen LogP contribution < -0.4 is 20.8 Å². The molecule has 0 aliphatic rings. The van der Waals surface area contributed by atoms with Gasteiger partial charge in [-0.15, -0.1) is 0 Å². The fourth-order valence-corrected chi connectivity index (χ4v) is 3.36. The monoisotopic (exact) mass is 322 g/mol. The number of carboxylic acid groups (broad SMARTS) is 2. The third-order valence-electron chi connectivity index (χ3n) is 1.88. The molecule has 0 saturated carbocycles. The molecule has 114 valence electrons. The lowest BCUT2D eigenvalue weighted by molar-refractivity contribution is -0.308. The molecule has 2 atom stereocenters. The molecule has 2 unspecified atom stereocenters. The van der Waals surface area contributed by atoms with Gasteiger partial charge in [-0.2, -0.15) is 0 Å². The second kappa shape index (κ2) is 9.48. The number of hydrogen-bond donors (Lipinski definition) is 2. The van der Waals surface area contributed by atoms with Gasteiger partial charge in [0, 0.05) is 25.4 Å². The number of carbonyl (C=O) groups is 4. The predicted octanol–water partition coefficient (Wildman–Crippen LogP) is -3.12. The number of carboxylic acids is 2. The van der Waals surface area contributed by atoms with Gasteiger partial charge in [-0.25, -0.2) is 0 Å². The molecule has 0 aromatic rings. The number of hydrogen-bond acceptors (Lipinski definition) is 8. The molecule has 0 spiro atoms. The van der Waals surface area contributed by atoms with Crippen molar-refractivity contribution in [3.63, 3.8) is 0 Å². The van der Waals surface area contributed by atoms with Gasteiger partial charge >= 0.3 is 0 Å². The Kier molecular flexibility index (Phi) is 8.81. The van der Waals surface area contributed by atoms with E-state index in [1.54, 1.807) is 0 Å². The van der Waals surface area contributed by atoms with Crippen LogP contribution in [0.4, 0.5) is 0 Å². The average Bonchev–Trinajstić information content (AvgIpc) is 2.29. The van der Waals surface area contributed by atoms with Crippen LogP contribution in [0.2, 0.25) is 0 Å². The fraction of sp³-hybridized carbons (Fsp3) is 0.600. The molecule has 0 aliphatic heterocycles. The molecular weight excluding hydrogens is 308 g/mol. The molecule has 2 amide bonds. The zero-order valence-electron chi connectivity index (χ0n) is 10.8. The second-order valence-corrected chi connectivity index (χ2v) is 6.27. The quantitative estimate of drug-likeness (QED) is 0.336. The molecule has 10 heteroatoms. The first-order valence-corrected chi connectivity index (χ1v) is 7.93. The van der Waals surface area contributed by atoms with Gasteiger partial charge in [0.1, 0.15) is 0 Å². The summed E-state index contributed by atoms with van der Waals surface area (Å²) >= 11 is 0. The number of rotatable bonds is 9. The summed E-state index contributed by atoms with van der Waals surface area (Å²) in [4.78, 5) is 42.9. The molecule has 20 heavy (non-hydrogen) atoms. The zero-order valence-corrected chi connectivity index (χ0v) is 12.5. The highest BCUT2D eigenvalue weighted by Gasteiger charge is 2.14.